The van der Waals surface area contributed by atoms with E-state index in [0.717, 1.165) is 43.5 Å². The fourth-order valence-electron chi connectivity index (χ4n) is 12.4. The van der Waals surface area contributed by atoms with Crippen molar-refractivity contribution in [3.63, 3.8) is 0 Å². The van der Waals surface area contributed by atoms with E-state index in [2.05, 4.69) is 54.2 Å². The summed E-state index contributed by atoms with van der Waals surface area (Å²) in [7, 11) is 5.76. The van der Waals surface area contributed by atoms with Crippen molar-refractivity contribution in [2.45, 2.75) is 101 Å². The standard InChI is InChI=1S/C34H47NO4S2/c1-31-22-10-11-33(32(31,2)24(14-22)29-26(37)15-28(39-3)34(29,31)38)16-20-12-19-6-4-7-23(13-19)35-30-25(36)8-5-9-27(30)41-40-18-21(20)17-33/h4,6-7,13,15,20-22,24-25,27-30,35-38H,5,8-12,14,16-18H2,1-3H3. The maximum absolute atomic E-state index is 12.7. The normalized spacial score (nSPS) is 53.5. The molecule has 0 radical (unpaired) electrons. The van der Waals surface area contributed by atoms with Crippen LogP contribution in [0.3, 0.4) is 0 Å². The molecule has 13 atom stereocenters. The summed E-state index contributed by atoms with van der Waals surface area (Å²) in [6, 6.07) is 9.10. The smallest absolute Gasteiger partial charge is 0.111 e. The number of aliphatic hydroxyl groups is 3. The van der Waals surface area contributed by atoms with Gasteiger partial charge in [-0.25, -0.2) is 0 Å². The number of hydrogen-bond acceptors (Lipinski definition) is 7. The van der Waals surface area contributed by atoms with Gasteiger partial charge in [0.15, 0.2) is 0 Å². The Morgan fingerprint density at radius 1 is 1.07 bits per heavy atom. The van der Waals surface area contributed by atoms with Crippen LogP contribution in [0.4, 0.5) is 5.69 Å². The summed E-state index contributed by atoms with van der Waals surface area (Å²) >= 11 is 0. The van der Waals surface area contributed by atoms with Gasteiger partial charge in [0, 0.05) is 29.2 Å². The molecule has 0 amide bonds. The molecule has 4 N–H and O–H groups in total. The lowest BCUT2D eigenvalue weighted by Crippen LogP contribution is -2.64. The van der Waals surface area contributed by atoms with Gasteiger partial charge in [0.1, 0.15) is 11.7 Å². The Labute approximate surface area is 253 Å². The molecule has 5 saturated carbocycles. The Kier molecular flexibility index (Phi) is 6.29. The van der Waals surface area contributed by atoms with Crippen LogP contribution in [0.25, 0.3) is 0 Å². The van der Waals surface area contributed by atoms with Crippen LogP contribution in [0.5, 0.6) is 0 Å². The number of nitrogens with one attached hydrogen (secondary N) is 1. The van der Waals surface area contributed by atoms with Gasteiger partial charge in [-0.15, -0.1) is 0 Å². The van der Waals surface area contributed by atoms with Gasteiger partial charge in [-0.3, -0.25) is 0 Å². The van der Waals surface area contributed by atoms with Crippen LogP contribution in [0, 0.1) is 45.8 Å². The van der Waals surface area contributed by atoms with E-state index in [1.54, 1.807) is 7.11 Å². The summed E-state index contributed by atoms with van der Waals surface area (Å²) < 4.78 is 5.92. The highest BCUT2D eigenvalue weighted by Crippen LogP contribution is 2.87. The highest BCUT2D eigenvalue weighted by Gasteiger charge is 2.87. The summed E-state index contributed by atoms with van der Waals surface area (Å²) in [6.45, 7) is 4.91. The van der Waals surface area contributed by atoms with Crippen LogP contribution in [-0.4, -0.2) is 57.3 Å². The molecule has 5 fully saturated rings. The van der Waals surface area contributed by atoms with Gasteiger partial charge in [0.05, 0.1) is 23.8 Å². The minimum Gasteiger partial charge on any atom is -0.512 e. The molecule has 8 rings (SSSR count). The number of fused-ring (bicyclic) bond motifs is 6. The lowest BCUT2D eigenvalue weighted by Gasteiger charge is -2.61. The average Bonchev–Trinajstić information content (AvgIpc) is 3.53. The Bertz CT molecular complexity index is 1260. The summed E-state index contributed by atoms with van der Waals surface area (Å²) in [5, 5.41) is 39.0. The third-order valence-electron chi connectivity index (χ3n) is 14.3. The number of anilines is 1. The molecule has 1 aromatic carbocycles. The Morgan fingerprint density at radius 3 is 2.73 bits per heavy atom. The summed E-state index contributed by atoms with van der Waals surface area (Å²) in [5.74, 6) is 3.33. The molecule has 6 aliphatic carbocycles. The minimum atomic E-state index is -1.03. The SMILES string of the molecule is COC1C=C(O)C2C3CC4CCC5(CC6CSSC7CCCC(O)C7Nc7cccc(c7)CC6C5)C3(C)C4(C)C12O. The molecule has 7 aliphatic rings. The van der Waals surface area contributed by atoms with E-state index in [9.17, 15) is 15.3 Å². The van der Waals surface area contributed by atoms with Crippen LogP contribution in [0.1, 0.15) is 70.8 Å². The molecule has 5 nitrogen and oxygen atoms in total. The van der Waals surface area contributed by atoms with Crippen LogP contribution >= 0.6 is 21.6 Å². The van der Waals surface area contributed by atoms with E-state index in [4.69, 9.17) is 4.74 Å². The molecule has 1 spiro atoms. The third-order valence-corrected chi connectivity index (χ3v) is 17.3. The Balaban J connectivity index is 1.16. The van der Waals surface area contributed by atoms with Crippen molar-refractivity contribution in [3.8, 4) is 0 Å². The van der Waals surface area contributed by atoms with Crippen LogP contribution in [0.2, 0.25) is 0 Å². The van der Waals surface area contributed by atoms with Gasteiger partial charge < -0.3 is 25.4 Å². The Morgan fingerprint density at radius 2 is 1.90 bits per heavy atom. The predicted molar refractivity (Wildman–Crippen MR) is 167 cm³/mol. The van der Waals surface area contributed by atoms with Crippen LogP contribution < -0.4 is 5.32 Å². The average molecular weight is 598 g/mol. The first-order valence-electron chi connectivity index (χ1n) is 16.1. The zero-order chi connectivity index (χ0) is 28.4. The summed E-state index contributed by atoms with van der Waals surface area (Å²) in [4.78, 5) is 0. The molecule has 0 saturated heterocycles. The lowest BCUT2D eigenvalue weighted by atomic mass is 9.44. The monoisotopic (exact) mass is 597 g/mol. The highest BCUT2D eigenvalue weighted by molar-refractivity contribution is 8.77. The summed E-state index contributed by atoms with van der Waals surface area (Å²) in [6.07, 6.45) is 11.3. The van der Waals surface area contributed by atoms with E-state index < -0.39 is 11.7 Å². The number of aliphatic hydroxyl groups excluding tert-OH is 2. The molecular weight excluding hydrogens is 551 g/mol. The van der Waals surface area contributed by atoms with Gasteiger partial charge in [-0.05, 0) is 116 Å². The second-order valence-electron chi connectivity index (χ2n) is 15.2. The van der Waals surface area contributed by atoms with Crippen molar-refractivity contribution >= 4 is 27.3 Å². The van der Waals surface area contributed by atoms with Crippen molar-refractivity contribution in [1.29, 1.82) is 0 Å². The van der Waals surface area contributed by atoms with E-state index in [1.165, 1.54) is 31.2 Å². The maximum atomic E-state index is 12.7. The minimum absolute atomic E-state index is 0.0396. The first kappa shape index (κ1) is 27.7. The topological polar surface area (TPSA) is 82.0 Å². The van der Waals surface area contributed by atoms with Crippen molar-refractivity contribution < 1.29 is 20.1 Å². The Hall–Kier alpha value is -0.860. The van der Waals surface area contributed by atoms with E-state index >= 15 is 0 Å². The van der Waals surface area contributed by atoms with Crippen molar-refractivity contribution in [3.05, 3.63) is 41.7 Å². The molecule has 224 valence electrons. The third kappa shape index (κ3) is 3.39. The summed E-state index contributed by atoms with van der Waals surface area (Å²) in [5.41, 5.74) is 1.35. The molecule has 1 aromatic rings. The van der Waals surface area contributed by atoms with Crippen molar-refractivity contribution in [1.82, 2.24) is 0 Å². The number of hydrogen-bond donors (Lipinski definition) is 4. The fourth-order valence-corrected chi connectivity index (χ4v) is 15.8. The number of ether oxygens (including phenoxy) is 1. The molecule has 1 aliphatic heterocycles. The van der Waals surface area contributed by atoms with E-state index in [0.29, 0.717) is 34.7 Å². The van der Waals surface area contributed by atoms with Crippen molar-refractivity contribution in [2.75, 3.05) is 18.2 Å². The quantitative estimate of drug-likeness (QED) is 0.272. The van der Waals surface area contributed by atoms with Crippen LogP contribution in [-0.2, 0) is 11.2 Å². The van der Waals surface area contributed by atoms with Gasteiger partial charge in [-0.1, -0.05) is 47.6 Å². The number of rotatable bonds is 1. The molecule has 7 heteroatoms. The molecular formula is C34H47NO4S2. The van der Waals surface area contributed by atoms with Gasteiger partial charge in [-0.2, -0.15) is 0 Å². The molecule has 41 heavy (non-hydrogen) atoms. The second-order valence-corrected chi connectivity index (χ2v) is 17.9. The molecule has 0 aromatic heterocycles. The van der Waals surface area contributed by atoms with E-state index in [-0.39, 0.29) is 34.3 Å². The van der Waals surface area contributed by atoms with Gasteiger partial charge >= 0.3 is 0 Å². The zero-order valence-electron chi connectivity index (χ0n) is 24.7. The highest BCUT2D eigenvalue weighted by atomic mass is 33.1. The molecule has 6 bridgehead atoms. The largest absolute Gasteiger partial charge is 0.512 e. The second kappa shape index (κ2) is 9.32. The van der Waals surface area contributed by atoms with Crippen LogP contribution in [0.15, 0.2) is 36.1 Å². The molecule has 1 heterocycles. The predicted octanol–water partition coefficient (Wildman–Crippen LogP) is 6.60. The number of benzene rings is 1. The number of methoxy groups -OCH3 is 1. The first-order chi connectivity index (χ1) is 19.7. The maximum Gasteiger partial charge on any atom is 0.111 e. The zero-order valence-corrected chi connectivity index (χ0v) is 26.4. The van der Waals surface area contributed by atoms with Crippen molar-refractivity contribution in [2.24, 2.45) is 45.8 Å². The van der Waals surface area contributed by atoms with Gasteiger partial charge in [0.2, 0.25) is 0 Å². The molecule has 13 unspecified atom stereocenters. The van der Waals surface area contributed by atoms with Gasteiger partial charge in [0.25, 0.3) is 0 Å². The lowest BCUT2D eigenvalue weighted by molar-refractivity contribution is -0.218. The van der Waals surface area contributed by atoms with E-state index in [1.807, 2.05) is 16.9 Å². The fraction of sp³-hybridized carbons (Fsp3) is 0.765. The first-order valence-corrected chi connectivity index (χ1v) is 18.5.